The third-order valence-corrected chi connectivity index (χ3v) is 6.64. The van der Waals surface area contributed by atoms with Crippen LogP contribution >= 0.6 is 46.4 Å². The lowest BCUT2D eigenvalue weighted by molar-refractivity contribution is -0.136. The highest BCUT2D eigenvalue weighted by Gasteiger charge is 2.40. The highest BCUT2D eigenvalue weighted by molar-refractivity contribution is 6.36. The number of nitrogen functional groups attached to an aromatic ring is 1. The summed E-state index contributed by atoms with van der Waals surface area (Å²) < 4.78 is 17.9. The minimum absolute atomic E-state index is 0.00840. The number of oxazole rings is 2. The number of benzene rings is 2. The van der Waals surface area contributed by atoms with Crippen LogP contribution in [0, 0.1) is 0 Å². The Kier molecular flexibility index (Phi) is 6.38. The molecule has 8 nitrogen and oxygen atoms in total. The van der Waals surface area contributed by atoms with Crippen molar-refractivity contribution in [1.82, 2.24) is 9.55 Å². The molecule has 36 heavy (non-hydrogen) atoms. The van der Waals surface area contributed by atoms with Gasteiger partial charge in [0.2, 0.25) is 11.4 Å². The number of ether oxygens (including phenoxy) is 1. The van der Waals surface area contributed by atoms with Gasteiger partial charge in [0, 0.05) is 20.1 Å². The first kappa shape index (κ1) is 24.5. The molecule has 0 amide bonds. The maximum atomic E-state index is 13.3. The van der Waals surface area contributed by atoms with E-state index in [0.29, 0.717) is 26.2 Å². The van der Waals surface area contributed by atoms with Crippen LogP contribution in [0.5, 0.6) is 0 Å². The number of halogens is 4. The number of nitrogens with zero attached hydrogens (tertiary/aromatic N) is 2. The number of carbonyl (C=O) groups excluding carboxylic acids is 1. The molecule has 0 spiro atoms. The average molecular weight is 567 g/mol. The Labute approximate surface area is 223 Å². The minimum atomic E-state index is -0.928. The quantitative estimate of drug-likeness (QED) is 0.366. The first-order valence-corrected chi connectivity index (χ1v) is 12.0. The molecular formula is C24H15Cl4N3O5. The van der Waals surface area contributed by atoms with E-state index >= 15 is 0 Å². The van der Waals surface area contributed by atoms with E-state index < -0.39 is 17.5 Å². The van der Waals surface area contributed by atoms with Gasteiger partial charge in [0.25, 0.3) is 6.01 Å². The molecular weight excluding hydrogens is 552 g/mol. The molecule has 0 saturated carbocycles. The minimum Gasteiger partial charge on any atom is -0.462 e. The number of fused-ring (bicyclic) bond motifs is 3. The summed E-state index contributed by atoms with van der Waals surface area (Å²) in [5, 5.41) is 1.38. The third kappa shape index (κ3) is 4.10. The van der Waals surface area contributed by atoms with Gasteiger partial charge in [0.15, 0.2) is 0 Å². The second-order valence-electron chi connectivity index (χ2n) is 7.70. The van der Waals surface area contributed by atoms with Gasteiger partial charge in [-0.2, -0.15) is 4.98 Å². The number of rotatable bonds is 4. The summed E-state index contributed by atoms with van der Waals surface area (Å²) in [6.07, 6.45) is 1.48. The monoisotopic (exact) mass is 565 g/mol. The van der Waals surface area contributed by atoms with E-state index in [0.717, 1.165) is 0 Å². The van der Waals surface area contributed by atoms with Crippen molar-refractivity contribution in [2.45, 2.75) is 12.8 Å². The van der Waals surface area contributed by atoms with Crippen molar-refractivity contribution in [2.24, 2.45) is 0 Å². The van der Waals surface area contributed by atoms with Crippen molar-refractivity contribution in [3.63, 3.8) is 0 Å². The topological polar surface area (TPSA) is 113 Å². The molecule has 1 aliphatic rings. The van der Waals surface area contributed by atoms with Crippen molar-refractivity contribution in [1.29, 1.82) is 0 Å². The predicted molar refractivity (Wildman–Crippen MR) is 136 cm³/mol. The lowest BCUT2D eigenvalue weighted by atomic mass is 9.87. The molecule has 1 atom stereocenters. The zero-order valence-electron chi connectivity index (χ0n) is 18.4. The first-order chi connectivity index (χ1) is 17.2. The van der Waals surface area contributed by atoms with Crippen LogP contribution < -0.4 is 22.3 Å². The molecule has 0 aliphatic carbocycles. The highest BCUT2D eigenvalue weighted by Crippen LogP contribution is 2.41. The maximum absolute atomic E-state index is 13.3. The van der Waals surface area contributed by atoms with E-state index in [1.54, 1.807) is 31.2 Å². The van der Waals surface area contributed by atoms with E-state index in [-0.39, 0.29) is 45.7 Å². The molecule has 0 saturated heterocycles. The first-order valence-electron chi connectivity index (χ1n) is 10.5. The number of anilines is 1. The Hall–Kier alpha value is -3.17. The molecule has 0 unspecified atom stereocenters. The van der Waals surface area contributed by atoms with Crippen LogP contribution in [0.2, 0.25) is 20.1 Å². The van der Waals surface area contributed by atoms with Gasteiger partial charge in [0.1, 0.15) is 16.6 Å². The summed E-state index contributed by atoms with van der Waals surface area (Å²) in [6, 6.07) is 9.37. The fourth-order valence-electron chi connectivity index (χ4n) is 4.05. The van der Waals surface area contributed by atoms with Crippen LogP contribution in [-0.2, 0) is 9.53 Å². The average Bonchev–Trinajstić information content (AvgIpc) is 3.34. The van der Waals surface area contributed by atoms with Gasteiger partial charge in [-0.1, -0.05) is 58.5 Å². The van der Waals surface area contributed by atoms with Crippen molar-refractivity contribution in [3.05, 3.63) is 94.6 Å². The standard InChI is InChI=1S/C24H15Cl4N3O5/c1-2-34-23(33)18-17(13-6-5-12(26)9-15(13)28)19-21(36-24(29)30-19)31-16(22(32)35-20(18)31)7-10-3-4-11(25)8-14(10)27/h3-9,17H,2H2,1H3,(H2,29,30)/b16-7+/t17-/m1/s1. The van der Waals surface area contributed by atoms with Gasteiger partial charge in [-0.3, -0.25) is 0 Å². The molecule has 4 aromatic rings. The van der Waals surface area contributed by atoms with Crippen LogP contribution in [0.1, 0.15) is 29.7 Å². The second-order valence-corrected chi connectivity index (χ2v) is 9.39. The van der Waals surface area contributed by atoms with E-state index in [1.165, 1.54) is 22.8 Å². The molecule has 12 heteroatoms. The fraction of sp³-hybridized carbons (Fsp3) is 0.125. The lowest BCUT2D eigenvalue weighted by Gasteiger charge is -2.22. The van der Waals surface area contributed by atoms with Crippen molar-refractivity contribution >= 4 is 70.0 Å². The molecule has 0 fully saturated rings. The van der Waals surface area contributed by atoms with Crippen LogP contribution in [0.4, 0.5) is 6.01 Å². The Morgan fingerprint density at radius 1 is 1.11 bits per heavy atom. The van der Waals surface area contributed by atoms with E-state index in [9.17, 15) is 9.59 Å². The largest absolute Gasteiger partial charge is 0.462 e. The number of esters is 1. The molecule has 2 aromatic heterocycles. The highest BCUT2D eigenvalue weighted by atomic mass is 35.5. The van der Waals surface area contributed by atoms with E-state index in [1.807, 2.05) is 0 Å². The molecule has 2 N–H and O–H groups in total. The lowest BCUT2D eigenvalue weighted by Crippen LogP contribution is -2.37. The van der Waals surface area contributed by atoms with Gasteiger partial charge < -0.3 is 19.3 Å². The predicted octanol–water partition coefficient (Wildman–Crippen LogP) is 4.30. The van der Waals surface area contributed by atoms with Gasteiger partial charge in [-0.05, 0) is 48.4 Å². The Balaban J connectivity index is 1.92. The van der Waals surface area contributed by atoms with Gasteiger partial charge in [0.05, 0.1) is 12.5 Å². The Bertz CT molecular complexity index is 1720. The molecule has 1 aliphatic heterocycles. The molecule has 2 aromatic carbocycles. The summed E-state index contributed by atoms with van der Waals surface area (Å²) in [5.74, 6) is -1.59. The number of hydrogen-bond donors (Lipinski definition) is 1. The van der Waals surface area contributed by atoms with E-state index in [2.05, 4.69) is 4.98 Å². The van der Waals surface area contributed by atoms with E-state index in [4.69, 9.17) is 65.7 Å². The third-order valence-electron chi connectivity index (χ3n) is 5.51. The molecule has 3 heterocycles. The summed E-state index contributed by atoms with van der Waals surface area (Å²) in [6.45, 7) is 1.73. The van der Waals surface area contributed by atoms with Crippen LogP contribution in [0.15, 0.2) is 50.0 Å². The smallest absolute Gasteiger partial charge is 0.362 e. The van der Waals surface area contributed by atoms with Crippen LogP contribution in [0.25, 0.3) is 17.5 Å². The zero-order valence-corrected chi connectivity index (χ0v) is 21.4. The second kappa shape index (κ2) is 9.37. The van der Waals surface area contributed by atoms with Gasteiger partial charge in [-0.25, -0.2) is 14.2 Å². The summed E-state index contributed by atoms with van der Waals surface area (Å²) in [7, 11) is 0. The maximum Gasteiger partial charge on any atom is 0.362 e. The number of hydrogen-bond acceptors (Lipinski definition) is 7. The molecule has 0 radical (unpaired) electrons. The molecule has 0 bridgehead atoms. The SMILES string of the molecule is CCOC(=O)C1=c2oc(=O)/c(=C\c3ccc(Cl)cc3Cl)n2-c2oc(N)nc2[C@@H]1c1ccc(Cl)cc1Cl. The van der Waals surface area contributed by atoms with Crippen LogP contribution in [-0.4, -0.2) is 22.1 Å². The number of aromatic nitrogens is 2. The van der Waals surface area contributed by atoms with Gasteiger partial charge >= 0.3 is 11.6 Å². The summed E-state index contributed by atoms with van der Waals surface area (Å²) in [4.78, 5) is 30.7. The van der Waals surface area contributed by atoms with Crippen LogP contribution in [0.3, 0.4) is 0 Å². The molecule has 5 rings (SSSR count). The van der Waals surface area contributed by atoms with Crippen molar-refractivity contribution < 1.29 is 18.4 Å². The summed E-state index contributed by atoms with van der Waals surface area (Å²) in [5.41, 5.74) is 6.20. The van der Waals surface area contributed by atoms with Crippen molar-refractivity contribution in [3.8, 4) is 5.88 Å². The van der Waals surface area contributed by atoms with Gasteiger partial charge in [-0.15, -0.1) is 0 Å². The zero-order chi connectivity index (χ0) is 25.7. The number of nitrogens with two attached hydrogens (primary N) is 1. The number of carbonyl (C=O) groups is 1. The molecule has 184 valence electrons. The summed E-state index contributed by atoms with van der Waals surface area (Å²) >= 11 is 24.9. The Morgan fingerprint density at radius 3 is 2.47 bits per heavy atom. The fourth-order valence-corrected chi connectivity index (χ4v) is 5.03. The van der Waals surface area contributed by atoms with Crippen molar-refractivity contribution in [2.75, 3.05) is 12.3 Å². The normalized spacial score (nSPS) is 15.1. The Morgan fingerprint density at radius 2 is 1.81 bits per heavy atom.